The maximum Gasteiger partial charge on any atom is 0.306 e. The molecular formula is C11H20O2. The van der Waals surface area contributed by atoms with Crippen molar-refractivity contribution >= 4 is 5.97 Å². The number of allylic oxidation sites excluding steroid dienone is 2. The van der Waals surface area contributed by atoms with Gasteiger partial charge in [-0.05, 0) is 25.2 Å². The van der Waals surface area contributed by atoms with Crippen molar-refractivity contribution < 1.29 is 9.90 Å². The van der Waals surface area contributed by atoms with Crippen LogP contribution in [0, 0.1) is 11.8 Å². The van der Waals surface area contributed by atoms with Crippen LogP contribution in [0.2, 0.25) is 0 Å². The second-order valence-corrected chi connectivity index (χ2v) is 3.65. The first kappa shape index (κ1) is 12.2. The Morgan fingerprint density at radius 2 is 2.00 bits per heavy atom. The fourth-order valence-electron chi connectivity index (χ4n) is 1.30. The normalized spacial score (nSPS) is 13.8. The molecule has 1 unspecified atom stereocenters. The van der Waals surface area contributed by atoms with Gasteiger partial charge < -0.3 is 5.11 Å². The van der Waals surface area contributed by atoms with E-state index in [1.54, 1.807) is 0 Å². The lowest BCUT2D eigenvalue weighted by Gasteiger charge is -2.14. The zero-order valence-corrected chi connectivity index (χ0v) is 8.79. The Morgan fingerprint density at radius 3 is 2.38 bits per heavy atom. The van der Waals surface area contributed by atoms with Crippen LogP contribution in [0.25, 0.3) is 0 Å². The lowest BCUT2D eigenvalue weighted by Crippen LogP contribution is -2.19. The van der Waals surface area contributed by atoms with Gasteiger partial charge in [0.05, 0.1) is 5.92 Å². The van der Waals surface area contributed by atoms with Crippen LogP contribution >= 0.6 is 0 Å². The summed E-state index contributed by atoms with van der Waals surface area (Å²) in [5.74, 6) is -0.631. The highest BCUT2D eigenvalue weighted by molar-refractivity contribution is 5.70. The maximum atomic E-state index is 10.8. The number of carboxylic acid groups (broad SMARTS) is 1. The van der Waals surface area contributed by atoms with Crippen LogP contribution in [0.3, 0.4) is 0 Å². The van der Waals surface area contributed by atoms with Crippen molar-refractivity contribution in [3.63, 3.8) is 0 Å². The third kappa shape index (κ3) is 5.45. The highest BCUT2D eigenvalue weighted by atomic mass is 16.4. The molecule has 2 heteroatoms. The zero-order valence-electron chi connectivity index (χ0n) is 8.79. The minimum atomic E-state index is -0.667. The van der Waals surface area contributed by atoms with Crippen molar-refractivity contribution in [2.24, 2.45) is 11.8 Å². The van der Waals surface area contributed by atoms with E-state index in [0.29, 0.717) is 0 Å². The molecule has 13 heavy (non-hydrogen) atoms. The summed E-state index contributed by atoms with van der Waals surface area (Å²) in [6.07, 6.45) is 6.81. The Balaban J connectivity index is 3.84. The highest BCUT2D eigenvalue weighted by Crippen LogP contribution is 2.17. The summed E-state index contributed by atoms with van der Waals surface area (Å²) < 4.78 is 0. The molecule has 0 saturated heterocycles. The quantitative estimate of drug-likeness (QED) is 0.644. The van der Waals surface area contributed by atoms with Crippen molar-refractivity contribution in [2.45, 2.75) is 40.0 Å². The highest BCUT2D eigenvalue weighted by Gasteiger charge is 2.19. The summed E-state index contributed by atoms with van der Waals surface area (Å²) in [4.78, 5) is 10.8. The van der Waals surface area contributed by atoms with E-state index in [1.807, 2.05) is 13.8 Å². The molecule has 0 radical (unpaired) electrons. The molecule has 0 bridgehead atoms. The van der Waals surface area contributed by atoms with Crippen LogP contribution in [-0.4, -0.2) is 11.1 Å². The predicted octanol–water partition coefficient (Wildman–Crippen LogP) is 3.09. The standard InChI is InChI=1S/C11H20O2/c1-4-5-6-7-8-10(9(2)3)11(12)13/h5-6,9-10H,4,7-8H2,1-3H3,(H,12,13). The molecule has 0 heterocycles. The van der Waals surface area contributed by atoms with Crippen LogP contribution < -0.4 is 0 Å². The molecule has 0 rings (SSSR count). The molecule has 0 aromatic heterocycles. The summed E-state index contributed by atoms with van der Waals surface area (Å²) >= 11 is 0. The van der Waals surface area contributed by atoms with E-state index >= 15 is 0 Å². The third-order valence-electron chi connectivity index (χ3n) is 2.17. The van der Waals surface area contributed by atoms with E-state index in [9.17, 15) is 4.79 Å². The van der Waals surface area contributed by atoms with Gasteiger partial charge in [-0.15, -0.1) is 0 Å². The monoisotopic (exact) mass is 184 g/mol. The van der Waals surface area contributed by atoms with Gasteiger partial charge in [-0.25, -0.2) is 0 Å². The van der Waals surface area contributed by atoms with Crippen LogP contribution in [0.4, 0.5) is 0 Å². The van der Waals surface area contributed by atoms with Gasteiger partial charge in [0.2, 0.25) is 0 Å². The van der Waals surface area contributed by atoms with Crippen molar-refractivity contribution in [3.8, 4) is 0 Å². The Bertz CT molecular complexity index is 171. The van der Waals surface area contributed by atoms with Crippen molar-refractivity contribution in [2.75, 3.05) is 0 Å². The molecule has 0 fully saturated rings. The molecule has 0 amide bonds. The molecule has 0 spiro atoms. The average Bonchev–Trinajstić information content (AvgIpc) is 2.02. The summed E-state index contributed by atoms with van der Waals surface area (Å²) in [6.45, 7) is 6.00. The fraction of sp³-hybridized carbons (Fsp3) is 0.727. The van der Waals surface area contributed by atoms with Crippen molar-refractivity contribution in [1.29, 1.82) is 0 Å². The molecule has 0 aliphatic rings. The molecule has 0 aromatic carbocycles. The van der Waals surface area contributed by atoms with Crippen molar-refractivity contribution in [1.82, 2.24) is 0 Å². The van der Waals surface area contributed by atoms with E-state index in [2.05, 4.69) is 19.1 Å². The minimum Gasteiger partial charge on any atom is -0.481 e. The van der Waals surface area contributed by atoms with Gasteiger partial charge in [0.25, 0.3) is 0 Å². The second-order valence-electron chi connectivity index (χ2n) is 3.65. The molecule has 2 nitrogen and oxygen atoms in total. The van der Waals surface area contributed by atoms with Crippen molar-refractivity contribution in [3.05, 3.63) is 12.2 Å². The number of rotatable bonds is 6. The largest absolute Gasteiger partial charge is 0.481 e. The van der Waals surface area contributed by atoms with E-state index in [1.165, 1.54) is 0 Å². The summed E-state index contributed by atoms with van der Waals surface area (Å²) in [7, 11) is 0. The minimum absolute atomic E-state index is 0.193. The summed E-state index contributed by atoms with van der Waals surface area (Å²) in [6, 6.07) is 0. The fourth-order valence-corrected chi connectivity index (χ4v) is 1.30. The van der Waals surface area contributed by atoms with E-state index in [0.717, 1.165) is 19.3 Å². The van der Waals surface area contributed by atoms with E-state index < -0.39 is 5.97 Å². The number of hydrogen-bond donors (Lipinski definition) is 1. The van der Waals surface area contributed by atoms with Gasteiger partial charge in [0.15, 0.2) is 0 Å². The SMILES string of the molecule is CCC=CCCC(C(=O)O)C(C)C. The summed E-state index contributed by atoms with van der Waals surface area (Å²) in [5.41, 5.74) is 0. The van der Waals surface area contributed by atoms with Gasteiger partial charge in [0.1, 0.15) is 0 Å². The van der Waals surface area contributed by atoms with E-state index in [4.69, 9.17) is 5.11 Å². The summed E-state index contributed by atoms with van der Waals surface area (Å²) in [5, 5.41) is 8.88. The first-order valence-corrected chi connectivity index (χ1v) is 4.97. The van der Waals surface area contributed by atoms with Gasteiger partial charge in [0, 0.05) is 0 Å². The third-order valence-corrected chi connectivity index (χ3v) is 2.17. The lowest BCUT2D eigenvalue weighted by atomic mass is 9.91. The zero-order chi connectivity index (χ0) is 10.3. The molecule has 0 saturated carbocycles. The van der Waals surface area contributed by atoms with Crippen LogP contribution in [0.1, 0.15) is 40.0 Å². The van der Waals surface area contributed by atoms with Gasteiger partial charge in [-0.3, -0.25) is 4.79 Å². The second kappa shape index (κ2) is 6.70. The smallest absolute Gasteiger partial charge is 0.306 e. The van der Waals surface area contributed by atoms with E-state index in [-0.39, 0.29) is 11.8 Å². The molecule has 1 atom stereocenters. The molecule has 0 aliphatic carbocycles. The number of carboxylic acids is 1. The molecule has 0 aliphatic heterocycles. The molecule has 76 valence electrons. The number of carbonyl (C=O) groups is 1. The molecule has 1 N–H and O–H groups in total. The Labute approximate surface area is 80.7 Å². The van der Waals surface area contributed by atoms with Crippen LogP contribution in [0.5, 0.6) is 0 Å². The number of hydrogen-bond acceptors (Lipinski definition) is 1. The van der Waals surface area contributed by atoms with Crippen LogP contribution in [-0.2, 0) is 4.79 Å². The van der Waals surface area contributed by atoms with Gasteiger partial charge >= 0.3 is 5.97 Å². The predicted molar refractivity (Wildman–Crippen MR) is 54.6 cm³/mol. The maximum absolute atomic E-state index is 10.8. The van der Waals surface area contributed by atoms with Gasteiger partial charge in [-0.1, -0.05) is 32.9 Å². The lowest BCUT2D eigenvalue weighted by molar-refractivity contribution is -0.143. The molecular weight excluding hydrogens is 164 g/mol. The Hall–Kier alpha value is -0.790. The molecule has 0 aromatic rings. The first-order valence-electron chi connectivity index (χ1n) is 4.97. The number of aliphatic carboxylic acids is 1. The topological polar surface area (TPSA) is 37.3 Å². The first-order chi connectivity index (χ1) is 6.09. The average molecular weight is 184 g/mol. The van der Waals surface area contributed by atoms with Gasteiger partial charge in [-0.2, -0.15) is 0 Å². The Morgan fingerprint density at radius 1 is 1.38 bits per heavy atom. The van der Waals surface area contributed by atoms with Crippen LogP contribution in [0.15, 0.2) is 12.2 Å². The Kier molecular flexibility index (Phi) is 6.29.